The average molecular weight is 295 g/mol. The summed E-state index contributed by atoms with van der Waals surface area (Å²) in [6.07, 6.45) is 0.485. The molecule has 0 fully saturated rings. The molecule has 1 heterocycles. The second-order valence-corrected chi connectivity index (χ2v) is 5.61. The zero-order valence-corrected chi connectivity index (χ0v) is 11.3. The molecule has 0 aliphatic carbocycles. The lowest BCUT2D eigenvalue weighted by molar-refractivity contribution is 0.0994. The summed E-state index contributed by atoms with van der Waals surface area (Å²) in [7, 11) is 0. The number of benzene rings is 1. The Morgan fingerprint density at radius 1 is 1.31 bits per heavy atom. The lowest BCUT2D eigenvalue weighted by Crippen LogP contribution is -2.01. The second-order valence-electron chi connectivity index (χ2n) is 3.70. The fourth-order valence-corrected chi connectivity index (χ4v) is 2.90. The molecule has 16 heavy (non-hydrogen) atoms. The van der Waals surface area contributed by atoms with Crippen molar-refractivity contribution in [2.45, 2.75) is 13.3 Å². The van der Waals surface area contributed by atoms with Crippen LogP contribution in [-0.4, -0.2) is 5.78 Å². The van der Waals surface area contributed by atoms with E-state index in [0.29, 0.717) is 6.42 Å². The van der Waals surface area contributed by atoms with E-state index in [0.717, 1.165) is 14.9 Å². The summed E-state index contributed by atoms with van der Waals surface area (Å²) in [5, 5.41) is 2.00. The van der Waals surface area contributed by atoms with Crippen LogP contribution in [0.5, 0.6) is 0 Å². The molecule has 2 aromatic rings. The molecule has 0 amide bonds. The van der Waals surface area contributed by atoms with Crippen LogP contribution in [0.2, 0.25) is 0 Å². The van der Waals surface area contributed by atoms with Crippen LogP contribution in [0.1, 0.15) is 20.8 Å². The Hall–Kier alpha value is -0.930. The first-order chi connectivity index (χ1) is 7.65. The van der Waals surface area contributed by atoms with Crippen molar-refractivity contribution in [3.63, 3.8) is 0 Å². The van der Waals surface area contributed by atoms with E-state index < -0.39 is 0 Å². The predicted molar refractivity (Wildman–Crippen MR) is 71.2 cm³/mol. The molecule has 0 aliphatic rings. The number of hydrogen-bond acceptors (Lipinski definition) is 2. The van der Waals surface area contributed by atoms with Gasteiger partial charge < -0.3 is 0 Å². The van der Waals surface area contributed by atoms with E-state index in [1.807, 2.05) is 42.6 Å². The molecule has 0 saturated heterocycles. The molecular formula is C13H11BrOS. The van der Waals surface area contributed by atoms with Gasteiger partial charge in [0.25, 0.3) is 0 Å². The standard InChI is InChI=1S/C13H11BrOS/c1-9-2-4-10(5-3-9)13(15)7-12-6-11(14)8-16-12/h2-6,8H,7H2,1H3. The molecule has 0 N–H and O–H groups in total. The Morgan fingerprint density at radius 2 is 2.00 bits per heavy atom. The average Bonchev–Trinajstić information content (AvgIpc) is 2.65. The smallest absolute Gasteiger partial charge is 0.168 e. The lowest BCUT2D eigenvalue weighted by atomic mass is 10.1. The number of hydrogen-bond donors (Lipinski definition) is 0. The van der Waals surface area contributed by atoms with Gasteiger partial charge in [0, 0.05) is 26.7 Å². The number of ketones is 1. The summed E-state index contributed by atoms with van der Waals surface area (Å²) in [5.74, 6) is 0.175. The summed E-state index contributed by atoms with van der Waals surface area (Å²) in [6.45, 7) is 2.02. The van der Waals surface area contributed by atoms with Crippen molar-refractivity contribution in [1.82, 2.24) is 0 Å². The molecule has 3 heteroatoms. The Kier molecular flexibility index (Phi) is 3.56. The largest absolute Gasteiger partial charge is 0.294 e. The van der Waals surface area contributed by atoms with Crippen LogP contribution < -0.4 is 0 Å². The molecule has 1 aromatic heterocycles. The normalized spacial score (nSPS) is 10.4. The minimum atomic E-state index is 0.175. The zero-order valence-electron chi connectivity index (χ0n) is 8.87. The lowest BCUT2D eigenvalue weighted by Gasteiger charge is -1.99. The van der Waals surface area contributed by atoms with Gasteiger partial charge in [-0.1, -0.05) is 29.8 Å². The van der Waals surface area contributed by atoms with Gasteiger partial charge in [0.2, 0.25) is 0 Å². The highest BCUT2D eigenvalue weighted by Crippen LogP contribution is 2.21. The molecule has 1 nitrogen and oxygen atoms in total. The van der Waals surface area contributed by atoms with Gasteiger partial charge in [0.05, 0.1) is 0 Å². The van der Waals surface area contributed by atoms with Crippen LogP contribution in [-0.2, 0) is 6.42 Å². The molecule has 0 aliphatic heterocycles. The van der Waals surface area contributed by atoms with Gasteiger partial charge in [-0.25, -0.2) is 0 Å². The van der Waals surface area contributed by atoms with Gasteiger partial charge in [-0.05, 0) is 28.9 Å². The van der Waals surface area contributed by atoms with Gasteiger partial charge in [0.15, 0.2) is 5.78 Å². The second kappa shape index (κ2) is 4.93. The van der Waals surface area contributed by atoms with Gasteiger partial charge in [-0.15, -0.1) is 11.3 Å². The van der Waals surface area contributed by atoms with Crippen LogP contribution in [0, 0.1) is 6.92 Å². The van der Waals surface area contributed by atoms with Crippen molar-refractivity contribution in [2.75, 3.05) is 0 Å². The van der Waals surface area contributed by atoms with E-state index in [1.54, 1.807) is 11.3 Å². The molecule has 0 saturated carbocycles. The topological polar surface area (TPSA) is 17.1 Å². The number of rotatable bonds is 3. The van der Waals surface area contributed by atoms with Crippen molar-refractivity contribution < 1.29 is 4.79 Å². The number of thiophene rings is 1. The Balaban J connectivity index is 2.11. The van der Waals surface area contributed by atoms with Crippen LogP contribution >= 0.6 is 27.3 Å². The van der Waals surface area contributed by atoms with Crippen LogP contribution in [0.3, 0.4) is 0 Å². The molecule has 0 atom stereocenters. The van der Waals surface area contributed by atoms with E-state index in [4.69, 9.17) is 0 Å². The van der Waals surface area contributed by atoms with Crippen molar-refractivity contribution in [1.29, 1.82) is 0 Å². The highest BCUT2D eigenvalue weighted by Gasteiger charge is 2.08. The van der Waals surface area contributed by atoms with E-state index in [9.17, 15) is 4.79 Å². The summed E-state index contributed by atoms with van der Waals surface area (Å²) < 4.78 is 1.05. The zero-order chi connectivity index (χ0) is 11.5. The van der Waals surface area contributed by atoms with E-state index in [1.165, 1.54) is 5.56 Å². The maximum Gasteiger partial charge on any atom is 0.168 e. The highest BCUT2D eigenvalue weighted by atomic mass is 79.9. The third kappa shape index (κ3) is 2.80. The fourth-order valence-electron chi connectivity index (χ4n) is 1.45. The fraction of sp³-hybridized carbons (Fsp3) is 0.154. The number of halogens is 1. The van der Waals surface area contributed by atoms with E-state index in [2.05, 4.69) is 15.9 Å². The van der Waals surface area contributed by atoms with Crippen LogP contribution in [0.15, 0.2) is 40.2 Å². The maximum absolute atomic E-state index is 11.9. The number of aryl methyl sites for hydroxylation is 1. The third-order valence-electron chi connectivity index (χ3n) is 2.33. The molecular weight excluding hydrogens is 284 g/mol. The first-order valence-electron chi connectivity index (χ1n) is 4.98. The number of carbonyl (C=O) groups excluding carboxylic acids is 1. The van der Waals surface area contributed by atoms with Crippen molar-refractivity contribution in [2.24, 2.45) is 0 Å². The van der Waals surface area contributed by atoms with E-state index >= 15 is 0 Å². The molecule has 0 radical (unpaired) electrons. The number of carbonyl (C=O) groups is 1. The molecule has 0 spiro atoms. The Bertz CT molecular complexity index is 499. The predicted octanol–water partition coefficient (Wildman–Crippen LogP) is 4.24. The van der Waals surface area contributed by atoms with Crippen molar-refractivity contribution in [3.05, 3.63) is 56.2 Å². The van der Waals surface area contributed by atoms with Gasteiger partial charge >= 0.3 is 0 Å². The summed E-state index contributed by atoms with van der Waals surface area (Å²) in [5.41, 5.74) is 1.96. The van der Waals surface area contributed by atoms with Gasteiger partial charge in [0.1, 0.15) is 0 Å². The summed E-state index contributed by atoms with van der Waals surface area (Å²) >= 11 is 4.99. The quantitative estimate of drug-likeness (QED) is 0.774. The van der Waals surface area contributed by atoms with E-state index in [-0.39, 0.29) is 5.78 Å². The highest BCUT2D eigenvalue weighted by molar-refractivity contribution is 9.10. The van der Waals surface area contributed by atoms with Gasteiger partial charge in [-0.2, -0.15) is 0 Å². The maximum atomic E-state index is 11.9. The molecule has 0 bridgehead atoms. The first-order valence-corrected chi connectivity index (χ1v) is 6.65. The minimum Gasteiger partial charge on any atom is -0.294 e. The van der Waals surface area contributed by atoms with Crippen LogP contribution in [0.4, 0.5) is 0 Å². The number of Topliss-reactive ketones (excluding diaryl/α,β-unsaturated/α-hetero) is 1. The molecule has 82 valence electrons. The summed E-state index contributed by atoms with van der Waals surface area (Å²) in [6, 6.07) is 9.71. The Labute approximate surface area is 107 Å². The Morgan fingerprint density at radius 3 is 2.56 bits per heavy atom. The monoisotopic (exact) mass is 294 g/mol. The van der Waals surface area contributed by atoms with Gasteiger partial charge in [-0.3, -0.25) is 4.79 Å². The molecule has 0 unspecified atom stereocenters. The third-order valence-corrected chi connectivity index (χ3v) is 4.03. The SMILES string of the molecule is Cc1ccc(C(=O)Cc2cc(Br)cs2)cc1. The molecule has 1 aromatic carbocycles. The van der Waals surface area contributed by atoms with Crippen LogP contribution in [0.25, 0.3) is 0 Å². The first kappa shape index (κ1) is 11.6. The summed E-state index contributed by atoms with van der Waals surface area (Å²) in [4.78, 5) is 13.0. The van der Waals surface area contributed by atoms with Crippen molar-refractivity contribution >= 4 is 33.0 Å². The molecule has 2 rings (SSSR count). The van der Waals surface area contributed by atoms with Crippen molar-refractivity contribution in [3.8, 4) is 0 Å². The minimum absolute atomic E-state index is 0.175.